The molecule has 0 saturated carbocycles. The van der Waals surface area contributed by atoms with E-state index in [-0.39, 0.29) is 5.60 Å². The Labute approximate surface area is 214 Å². The van der Waals surface area contributed by atoms with Crippen LogP contribution >= 0.6 is 0 Å². The van der Waals surface area contributed by atoms with Crippen LogP contribution in [0.5, 0.6) is 23.0 Å². The van der Waals surface area contributed by atoms with E-state index in [0.717, 1.165) is 63.8 Å². The maximum Gasteiger partial charge on any atom is 0.328 e. The third-order valence-electron chi connectivity index (χ3n) is 5.88. The lowest BCUT2D eigenvalue weighted by molar-refractivity contribution is -0.725. The number of methoxy groups -OCH3 is 1. The van der Waals surface area contributed by atoms with Crippen molar-refractivity contribution in [1.82, 2.24) is 10.00 Å². The highest BCUT2D eigenvalue weighted by Crippen LogP contribution is 2.53. The zero-order chi connectivity index (χ0) is 26.9. The highest BCUT2D eigenvalue weighted by Gasteiger charge is 2.36. The molecule has 3 aromatic rings. The van der Waals surface area contributed by atoms with E-state index in [1.54, 1.807) is 7.11 Å². The minimum atomic E-state index is -1.51. The van der Waals surface area contributed by atoms with Crippen molar-refractivity contribution in [2.24, 2.45) is 0 Å². The summed E-state index contributed by atoms with van der Waals surface area (Å²) < 4.78 is 20.5. The Balaban J connectivity index is 0.000000349. The summed E-state index contributed by atoms with van der Waals surface area (Å²) in [6, 6.07) is 8.11. The second-order valence-corrected chi connectivity index (χ2v) is 9.42. The van der Waals surface area contributed by atoms with Crippen molar-refractivity contribution in [2.45, 2.75) is 26.0 Å². The Hall–Kier alpha value is -4.31. The van der Waals surface area contributed by atoms with Crippen LogP contribution in [0.4, 0.5) is 0 Å². The Morgan fingerprint density at radius 3 is 2.62 bits per heavy atom. The number of H-pyrrole nitrogens is 1. The number of carboxylic acid groups (broad SMARTS) is 2. The summed E-state index contributed by atoms with van der Waals surface area (Å²) in [5, 5.41) is 21.9. The van der Waals surface area contributed by atoms with Gasteiger partial charge in [0.05, 0.1) is 36.8 Å². The molecule has 194 valence electrons. The van der Waals surface area contributed by atoms with Gasteiger partial charge in [-0.1, -0.05) is 6.07 Å². The zero-order valence-corrected chi connectivity index (χ0v) is 21.3. The van der Waals surface area contributed by atoms with Gasteiger partial charge in [-0.25, -0.2) is 4.79 Å². The summed E-state index contributed by atoms with van der Waals surface area (Å²) >= 11 is 0. The van der Waals surface area contributed by atoms with Gasteiger partial charge in [0.2, 0.25) is 5.52 Å². The summed E-state index contributed by atoms with van der Waals surface area (Å²) in [5.41, 5.74) is 3.75. The number of rotatable bonds is 6. The van der Waals surface area contributed by atoms with Crippen LogP contribution in [-0.2, 0) is 16.1 Å². The maximum absolute atomic E-state index is 9.53. The molecular formula is C27H29N3O7. The molecule has 2 aromatic carbocycles. The fourth-order valence-electron chi connectivity index (χ4n) is 4.18. The van der Waals surface area contributed by atoms with Crippen molar-refractivity contribution in [1.29, 1.82) is 0 Å². The van der Waals surface area contributed by atoms with Gasteiger partial charge in [0, 0.05) is 6.08 Å². The van der Waals surface area contributed by atoms with Crippen LogP contribution in [0.15, 0.2) is 42.5 Å². The molecule has 0 radical (unpaired) electrons. The Morgan fingerprint density at radius 1 is 1.24 bits per heavy atom. The van der Waals surface area contributed by atoms with Crippen molar-refractivity contribution in [3.05, 3.63) is 48.1 Å². The fraction of sp³-hybridized carbons (Fsp3) is 0.296. The Kier molecular flexibility index (Phi) is 6.95. The highest BCUT2D eigenvalue weighted by atomic mass is 16.5. The molecule has 0 fully saturated rings. The number of ether oxygens (including phenoxy) is 3. The number of aliphatic carboxylic acids is 2. The minimum Gasteiger partial charge on any atom is -0.545 e. The number of aromatic nitrogens is 2. The van der Waals surface area contributed by atoms with E-state index < -0.39 is 11.9 Å². The fourth-order valence-corrected chi connectivity index (χ4v) is 4.18. The van der Waals surface area contributed by atoms with Crippen molar-refractivity contribution < 1.29 is 38.7 Å². The summed E-state index contributed by atoms with van der Waals surface area (Å²) in [6.45, 7) is 5.87. The Bertz CT molecular complexity index is 1420. The number of hydrogen-bond donors (Lipinski definition) is 2. The van der Waals surface area contributed by atoms with Gasteiger partial charge in [0.25, 0.3) is 0 Å². The van der Waals surface area contributed by atoms with E-state index in [9.17, 15) is 14.7 Å². The molecule has 0 amide bonds. The summed E-state index contributed by atoms with van der Waals surface area (Å²) in [7, 11) is 5.83. The molecule has 0 saturated heterocycles. The number of hydrogen-bond acceptors (Lipinski definition) is 7. The molecule has 5 rings (SSSR count). The molecule has 2 N–H and O–H groups in total. The lowest BCUT2D eigenvalue weighted by Gasteiger charge is -2.29. The van der Waals surface area contributed by atoms with Crippen molar-refractivity contribution in [3.8, 4) is 34.3 Å². The van der Waals surface area contributed by atoms with Crippen LogP contribution in [0.2, 0.25) is 0 Å². The predicted octanol–water partition coefficient (Wildman–Crippen LogP) is 2.36. The average Bonchev–Trinajstić information content (AvgIpc) is 3.20. The molecular weight excluding hydrogens is 478 g/mol. The van der Waals surface area contributed by atoms with Crippen molar-refractivity contribution in [3.63, 3.8) is 0 Å². The molecule has 37 heavy (non-hydrogen) atoms. The first-order chi connectivity index (χ1) is 17.5. The molecule has 0 bridgehead atoms. The second-order valence-electron chi connectivity index (χ2n) is 9.42. The van der Waals surface area contributed by atoms with Crippen molar-refractivity contribution in [2.75, 3.05) is 27.7 Å². The normalized spacial score (nSPS) is 14.3. The van der Waals surface area contributed by atoms with Gasteiger partial charge in [-0.15, -0.1) is 4.68 Å². The van der Waals surface area contributed by atoms with Gasteiger partial charge in [-0.2, -0.15) is 5.10 Å². The van der Waals surface area contributed by atoms with Crippen LogP contribution in [0.3, 0.4) is 0 Å². The van der Waals surface area contributed by atoms with Gasteiger partial charge in [0.1, 0.15) is 22.4 Å². The molecule has 2 aliphatic rings. The van der Waals surface area contributed by atoms with Crippen molar-refractivity contribution >= 4 is 28.9 Å². The van der Waals surface area contributed by atoms with Crippen LogP contribution in [0.1, 0.15) is 19.4 Å². The first kappa shape index (κ1) is 25.8. The Morgan fingerprint density at radius 2 is 2.00 bits per heavy atom. The lowest BCUT2D eigenvalue weighted by Crippen LogP contribution is -2.40. The topological polar surface area (TPSA) is 128 Å². The number of carbonyl (C=O) groups excluding carboxylic acids is 1. The molecule has 0 unspecified atom stereocenters. The van der Waals surface area contributed by atoms with Crippen LogP contribution in [0.25, 0.3) is 28.2 Å². The number of nitrogens with zero attached hydrogens (tertiary/aromatic N) is 2. The summed E-state index contributed by atoms with van der Waals surface area (Å²) in [5.74, 6) is 0.298. The predicted molar refractivity (Wildman–Crippen MR) is 135 cm³/mol. The van der Waals surface area contributed by atoms with E-state index in [1.165, 1.54) is 0 Å². The number of benzene rings is 2. The van der Waals surface area contributed by atoms with Gasteiger partial charge in [0.15, 0.2) is 23.8 Å². The smallest absolute Gasteiger partial charge is 0.328 e. The highest BCUT2D eigenvalue weighted by molar-refractivity contribution is 6.03. The standard InChI is InChI=1S/C23H25N3O3.C4H4O4/c1-23(2)10-9-14-18(29-23)13-16-19-20(24-26(16)12-11-25(3)4)15-7-6-8-17(27-5)21(15)28-22(14)19;5-3(6)1-2-4(7)8/h6-10,13H,11-12H2,1-5H3;1-2H,(H,5,6)(H,7,8)/b;2-1+. The largest absolute Gasteiger partial charge is 0.545 e. The van der Waals surface area contributed by atoms with E-state index in [1.807, 2.05) is 12.1 Å². The van der Waals surface area contributed by atoms with E-state index in [4.69, 9.17) is 19.3 Å². The molecule has 10 heteroatoms. The summed E-state index contributed by atoms with van der Waals surface area (Å²) in [4.78, 5) is 21.1. The molecule has 3 heterocycles. The monoisotopic (exact) mass is 507 g/mol. The molecule has 0 aliphatic carbocycles. The SMILES string of the molecule is COc1cccc2c1Oc1c3c(cc4c1c-2[nH][n+]4CCN(C)C)OC(C)(C)C=C3.O=C([O-])/C=C/C(=O)O. The number of carbonyl (C=O) groups is 2. The first-order valence-electron chi connectivity index (χ1n) is 11.6. The molecule has 2 aliphatic heterocycles. The number of para-hydroxylation sites is 1. The minimum absolute atomic E-state index is 0.356. The van der Waals surface area contributed by atoms with Gasteiger partial charge < -0.3 is 34.1 Å². The number of aromatic amines is 1. The first-order valence-corrected chi connectivity index (χ1v) is 11.6. The van der Waals surface area contributed by atoms with Gasteiger partial charge >= 0.3 is 5.97 Å². The molecule has 0 atom stereocenters. The van der Waals surface area contributed by atoms with E-state index in [0.29, 0.717) is 12.2 Å². The van der Waals surface area contributed by atoms with Gasteiger partial charge in [-0.3, -0.25) is 0 Å². The van der Waals surface area contributed by atoms with Gasteiger partial charge in [-0.05, 0) is 58.3 Å². The van der Waals surface area contributed by atoms with Crippen LogP contribution in [-0.4, -0.2) is 60.4 Å². The summed E-state index contributed by atoms with van der Waals surface area (Å²) in [6.07, 6.45) is 5.12. The number of fused-ring (bicyclic) bond motifs is 4. The number of likely N-dealkylation sites (N-methyl/N-ethyl adjacent to an activating group) is 1. The van der Waals surface area contributed by atoms with E-state index in [2.05, 4.69) is 66.9 Å². The number of carboxylic acids is 2. The second kappa shape index (κ2) is 9.98. The molecule has 10 nitrogen and oxygen atoms in total. The van der Waals surface area contributed by atoms with E-state index >= 15 is 0 Å². The molecule has 1 aromatic heterocycles. The van der Waals surface area contributed by atoms with Crippen LogP contribution in [0, 0.1) is 0 Å². The third-order valence-corrected chi connectivity index (χ3v) is 5.88. The number of nitrogens with one attached hydrogen (secondary N) is 1. The zero-order valence-electron chi connectivity index (χ0n) is 21.3. The lowest BCUT2D eigenvalue weighted by atomic mass is 9.96. The quantitative estimate of drug-likeness (QED) is 0.301. The average molecular weight is 508 g/mol. The maximum atomic E-state index is 9.53. The third kappa shape index (κ3) is 5.29. The van der Waals surface area contributed by atoms with Crippen LogP contribution < -0.4 is 24.0 Å². The molecule has 0 spiro atoms.